The highest BCUT2D eigenvalue weighted by Gasteiger charge is 2.39. The van der Waals surface area contributed by atoms with Crippen molar-refractivity contribution in [3.8, 4) is 0 Å². The van der Waals surface area contributed by atoms with Crippen LogP contribution in [0.5, 0.6) is 0 Å². The first kappa shape index (κ1) is 15.5. The van der Waals surface area contributed by atoms with E-state index in [1.165, 1.54) is 37.0 Å². The molecule has 1 saturated heterocycles. The van der Waals surface area contributed by atoms with Gasteiger partial charge in [-0.15, -0.1) is 0 Å². The minimum absolute atomic E-state index is 0.145. The number of hydrogen-bond donors (Lipinski definition) is 1. The van der Waals surface area contributed by atoms with E-state index in [4.69, 9.17) is 11.6 Å². The van der Waals surface area contributed by atoms with Crippen molar-refractivity contribution >= 4 is 29.1 Å². The number of hydrogen-bond acceptors (Lipinski definition) is 3. The highest BCUT2D eigenvalue weighted by Crippen LogP contribution is 2.26. The third kappa shape index (κ3) is 3.33. The second-order valence-electron chi connectivity index (χ2n) is 6.21. The van der Waals surface area contributed by atoms with E-state index in [0.717, 1.165) is 6.54 Å². The van der Waals surface area contributed by atoms with Crippen molar-refractivity contribution in [2.75, 3.05) is 11.4 Å². The maximum Gasteiger partial charge on any atom is 0.251 e. The lowest BCUT2D eigenvalue weighted by Gasteiger charge is -2.23. The van der Waals surface area contributed by atoms with Gasteiger partial charge in [0.2, 0.25) is 5.91 Å². The first-order valence-electron chi connectivity index (χ1n) is 8.01. The summed E-state index contributed by atoms with van der Waals surface area (Å²) in [5.41, 5.74) is 0.598. The molecule has 2 aliphatic rings. The Balaban J connectivity index is 1.62. The van der Waals surface area contributed by atoms with Gasteiger partial charge >= 0.3 is 0 Å². The topological polar surface area (TPSA) is 49.4 Å². The molecule has 5 heteroatoms. The molecular weight excluding hydrogens is 300 g/mol. The maximum absolute atomic E-state index is 12.5. The number of carbonyl (C=O) groups is 2. The Morgan fingerprint density at radius 1 is 1.09 bits per heavy atom. The van der Waals surface area contributed by atoms with E-state index < -0.39 is 0 Å². The molecule has 1 atom stereocenters. The maximum atomic E-state index is 12.5. The summed E-state index contributed by atoms with van der Waals surface area (Å²) in [4.78, 5) is 25.9. The largest absolute Gasteiger partial charge is 0.305 e. The van der Waals surface area contributed by atoms with E-state index in [0.29, 0.717) is 16.6 Å². The Morgan fingerprint density at radius 3 is 2.45 bits per heavy atom. The summed E-state index contributed by atoms with van der Waals surface area (Å²) in [6.45, 7) is 0.831. The summed E-state index contributed by atoms with van der Waals surface area (Å²) < 4.78 is 0. The number of nitrogens with one attached hydrogen (secondary N) is 1. The molecule has 1 aliphatic carbocycles. The molecular formula is C17H21ClN2O2. The van der Waals surface area contributed by atoms with Crippen molar-refractivity contribution in [2.45, 2.75) is 44.6 Å². The van der Waals surface area contributed by atoms with Crippen molar-refractivity contribution in [3.05, 3.63) is 29.3 Å². The molecule has 118 valence electrons. The van der Waals surface area contributed by atoms with Gasteiger partial charge in [-0.25, -0.2) is 4.90 Å². The predicted molar refractivity (Wildman–Crippen MR) is 86.9 cm³/mol. The molecule has 1 saturated carbocycles. The van der Waals surface area contributed by atoms with E-state index >= 15 is 0 Å². The van der Waals surface area contributed by atoms with Gasteiger partial charge < -0.3 is 5.32 Å². The number of benzene rings is 1. The molecule has 1 aromatic rings. The summed E-state index contributed by atoms with van der Waals surface area (Å²) in [5, 5.41) is 3.90. The Morgan fingerprint density at radius 2 is 1.77 bits per heavy atom. The van der Waals surface area contributed by atoms with Crippen LogP contribution in [0.25, 0.3) is 0 Å². The van der Waals surface area contributed by atoms with Crippen molar-refractivity contribution in [2.24, 2.45) is 5.92 Å². The molecule has 2 amide bonds. The molecule has 0 aromatic heterocycles. The number of anilines is 1. The number of halogens is 1. The summed E-state index contributed by atoms with van der Waals surface area (Å²) in [7, 11) is 0. The molecule has 1 unspecified atom stereocenters. The number of nitrogens with zero attached hydrogens (tertiary/aromatic N) is 1. The van der Waals surface area contributed by atoms with Crippen LogP contribution < -0.4 is 10.2 Å². The van der Waals surface area contributed by atoms with Crippen molar-refractivity contribution in [1.29, 1.82) is 0 Å². The highest BCUT2D eigenvalue weighted by molar-refractivity contribution is 6.30. The molecule has 2 fully saturated rings. The minimum atomic E-state index is -0.384. The number of rotatable bonds is 4. The van der Waals surface area contributed by atoms with Gasteiger partial charge in [0, 0.05) is 5.02 Å². The minimum Gasteiger partial charge on any atom is -0.305 e. The zero-order valence-electron chi connectivity index (χ0n) is 12.6. The van der Waals surface area contributed by atoms with Crippen LogP contribution in [0.2, 0.25) is 5.02 Å². The van der Waals surface area contributed by atoms with Crippen molar-refractivity contribution in [1.82, 2.24) is 5.32 Å². The normalized spacial score (nSPS) is 23.3. The number of carbonyl (C=O) groups excluding carboxylic acids is 2. The van der Waals surface area contributed by atoms with Crippen LogP contribution >= 0.6 is 11.6 Å². The van der Waals surface area contributed by atoms with Crippen LogP contribution in [-0.4, -0.2) is 24.4 Å². The lowest BCUT2D eigenvalue weighted by atomic mass is 9.89. The Kier molecular flexibility index (Phi) is 4.79. The fourth-order valence-corrected chi connectivity index (χ4v) is 3.48. The lowest BCUT2D eigenvalue weighted by molar-refractivity contribution is -0.121. The number of imide groups is 1. The molecule has 0 bridgehead atoms. The first-order chi connectivity index (χ1) is 10.6. The summed E-state index contributed by atoms with van der Waals surface area (Å²) >= 11 is 5.85. The van der Waals surface area contributed by atoms with Crippen molar-refractivity contribution < 1.29 is 9.59 Å². The van der Waals surface area contributed by atoms with E-state index in [9.17, 15) is 9.59 Å². The molecule has 0 spiro atoms. The van der Waals surface area contributed by atoms with Gasteiger partial charge in [-0.05, 0) is 49.6 Å². The molecule has 1 N–H and O–H groups in total. The van der Waals surface area contributed by atoms with E-state index in [1.807, 2.05) is 0 Å². The Hall–Kier alpha value is -1.39. The van der Waals surface area contributed by atoms with Gasteiger partial charge in [-0.3, -0.25) is 9.59 Å². The predicted octanol–water partition coefficient (Wildman–Crippen LogP) is 3.14. The smallest absolute Gasteiger partial charge is 0.251 e. The Bertz CT molecular complexity index is 552. The van der Waals surface area contributed by atoms with Crippen LogP contribution in [0.4, 0.5) is 5.69 Å². The molecule has 4 nitrogen and oxygen atoms in total. The standard InChI is InChI=1S/C17H21ClN2O2/c18-13-6-8-14(9-7-13)20-16(21)10-15(17(20)22)19-11-12-4-2-1-3-5-12/h6-9,12,15,19H,1-5,10-11H2. The van der Waals surface area contributed by atoms with Crippen LogP contribution in [0.1, 0.15) is 38.5 Å². The fraction of sp³-hybridized carbons (Fsp3) is 0.529. The lowest BCUT2D eigenvalue weighted by Crippen LogP contribution is -2.41. The monoisotopic (exact) mass is 320 g/mol. The second-order valence-corrected chi connectivity index (χ2v) is 6.65. The van der Waals surface area contributed by atoms with Crippen LogP contribution in [0.3, 0.4) is 0 Å². The van der Waals surface area contributed by atoms with E-state index in [2.05, 4.69) is 5.32 Å². The van der Waals surface area contributed by atoms with Crippen LogP contribution in [-0.2, 0) is 9.59 Å². The van der Waals surface area contributed by atoms with Gasteiger partial charge in [-0.1, -0.05) is 30.9 Å². The quantitative estimate of drug-likeness (QED) is 0.867. The zero-order valence-corrected chi connectivity index (χ0v) is 13.3. The summed E-state index contributed by atoms with van der Waals surface area (Å²) in [5.74, 6) is 0.345. The molecule has 22 heavy (non-hydrogen) atoms. The average Bonchev–Trinajstić information content (AvgIpc) is 2.82. The van der Waals surface area contributed by atoms with Gasteiger partial charge in [-0.2, -0.15) is 0 Å². The van der Waals surface area contributed by atoms with Gasteiger partial charge in [0.15, 0.2) is 0 Å². The Labute approximate surface area is 135 Å². The van der Waals surface area contributed by atoms with Crippen LogP contribution in [0.15, 0.2) is 24.3 Å². The second kappa shape index (κ2) is 6.80. The summed E-state index contributed by atoms with van der Waals surface area (Å²) in [6, 6.07) is 6.43. The van der Waals surface area contributed by atoms with Gasteiger partial charge in [0.25, 0.3) is 5.91 Å². The van der Waals surface area contributed by atoms with E-state index in [-0.39, 0.29) is 24.3 Å². The molecule has 3 rings (SSSR count). The van der Waals surface area contributed by atoms with Crippen LogP contribution in [0, 0.1) is 5.92 Å². The zero-order chi connectivity index (χ0) is 15.5. The number of amides is 2. The highest BCUT2D eigenvalue weighted by atomic mass is 35.5. The first-order valence-corrected chi connectivity index (χ1v) is 8.38. The molecule has 1 heterocycles. The third-order valence-corrected chi connectivity index (χ3v) is 4.86. The van der Waals surface area contributed by atoms with Gasteiger partial charge in [0.1, 0.15) is 0 Å². The van der Waals surface area contributed by atoms with Crippen molar-refractivity contribution in [3.63, 3.8) is 0 Å². The summed E-state index contributed by atoms with van der Waals surface area (Å²) in [6.07, 6.45) is 6.57. The third-order valence-electron chi connectivity index (χ3n) is 4.61. The fourth-order valence-electron chi connectivity index (χ4n) is 3.35. The SMILES string of the molecule is O=C1CC(NCC2CCCCC2)C(=O)N1c1ccc(Cl)cc1. The average molecular weight is 321 g/mol. The van der Waals surface area contributed by atoms with E-state index in [1.54, 1.807) is 24.3 Å². The molecule has 0 radical (unpaired) electrons. The molecule has 1 aromatic carbocycles. The van der Waals surface area contributed by atoms with Gasteiger partial charge in [0.05, 0.1) is 18.2 Å². The molecule has 1 aliphatic heterocycles.